The predicted octanol–water partition coefficient (Wildman–Crippen LogP) is 9.68. The third-order valence-corrected chi connectivity index (χ3v) is 11.7. The van der Waals surface area contributed by atoms with Crippen molar-refractivity contribution < 1.29 is 32.2 Å². The van der Waals surface area contributed by atoms with Crippen LogP contribution in [0, 0.1) is 20.8 Å². The molecule has 3 aromatic carbocycles. The molecule has 3 N–H and O–H groups in total. The predicted molar refractivity (Wildman–Crippen MR) is 230 cm³/mol. The smallest absolute Gasteiger partial charge is 0.335 e. The summed E-state index contributed by atoms with van der Waals surface area (Å²) in [7, 11) is -4.03. The van der Waals surface area contributed by atoms with Crippen molar-refractivity contribution in [1.82, 2.24) is 0 Å². The van der Waals surface area contributed by atoms with E-state index in [0.29, 0.717) is 37.9 Å². The number of aromatic carboxylic acids is 1. The molecule has 0 bridgehead atoms. The number of nitrogens with one attached hydrogen (secondary N) is 1. The fraction of sp³-hybridized carbons (Fsp3) is 0.362. The number of carboxylic acids is 1. The third kappa shape index (κ3) is 10.5. The first-order valence-electron chi connectivity index (χ1n) is 19.6. The Morgan fingerprint density at radius 2 is 1.56 bits per heavy atom. The maximum absolute atomic E-state index is 13.2. The number of benzene rings is 3. The highest BCUT2D eigenvalue weighted by Crippen LogP contribution is 2.48. The van der Waals surface area contributed by atoms with Gasteiger partial charge >= 0.3 is 5.97 Å². The van der Waals surface area contributed by atoms with Gasteiger partial charge < -0.3 is 15.3 Å². The molecule has 2 radical (unpaired) electrons. The molecule has 300 valence electrons. The van der Waals surface area contributed by atoms with Gasteiger partial charge in [0.2, 0.25) is 11.6 Å². The van der Waals surface area contributed by atoms with Crippen LogP contribution in [0.5, 0.6) is 0 Å². The molecule has 0 saturated heterocycles. The number of carboxylic acid groups (broad SMARTS) is 1. The molecule has 0 fully saturated rings. The fourth-order valence-corrected chi connectivity index (χ4v) is 8.34. The number of carbonyl (C=O) groups excluding carboxylic acids is 1. The minimum absolute atomic E-state index is 0.149. The lowest BCUT2D eigenvalue weighted by atomic mass is 9.80. The molecule has 2 aliphatic rings. The number of anilines is 2. The molecule has 2 heterocycles. The van der Waals surface area contributed by atoms with Crippen molar-refractivity contribution in [1.29, 1.82) is 0 Å². The number of aryl methyl sites for hydroxylation is 2. The van der Waals surface area contributed by atoms with Crippen LogP contribution in [0.1, 0.15) is 98.8 Å². The van der Waals surface area contributed by atoms with Crippen molar-refractivity contribution in [3.8, 4) is 0 Å². The zero-order chi connectivity index (χ0) is 41.5. The van der Waals surface area contributed by atoms with Crippen LogP contribution in [-0.2, 0) is 25.7 Å². The second kappa shape index (κ2) is 18.0. The van der Waals surface area contributed by atoms with Crippen molar-refractivity contribution in [2.24, 2.45) is 0 Å². The normalized spacial score (nSPS) is 16.9. The number of fused-ring (bicyclic) bond motifs is 2. The van der Waals surface area contributed by atoms with Gasteiger partial charge in [-0.05, 0) is 114 Å². The molecule has 0 atom stereocenters. The summed E-state index contributed by atoms with van der Waals surface area (Å²) in [5.41, 5.74) is 10.4. The van der Waals surface area contributed by atoms with E-state index in [1.54, 1.807) is 12.1 Å². The van der Waals surface area contributed by atoms with Crippen molar-refractivity contribution in [2.75, 3.05) is 29.1 Å². The summed E-state index contributed by atoms with van der Waals surface area (Å²) in [5, 5.41) is 12.1. The highest BCUT2D eigenvalue weighted by molar-refractivity contribution is 7.85. The van der Waals surface area contributed by atoms with E-state index in [2.05, 4.69) is 111 Å². The van der Waals surface area contributed by atoms with Gasteiger partial charge in [0.15, 0.2) is 5.71 Å². The monoisotopic (exact) mass is 790 g/mol. The number of amides is 1. The summed E-state index contributed by atoms with van der Waals surface area (Å²) in [4.78, 5) is 26.7. The Morgan fingerprint density at radius 3 is 2.23 bits per heavy atom. The van der Waals surface area contributed by atoms with Crippen molar-refractivity contribution in [2.45, 2.75) is 90.9 Å². The first kappa shape index (κ1) is 43.1. The van der Waals surface area contributed by atoms with E-state index < -0.39 is 16.1 Å². The van der Waals surface area contributed by atoms with E-state index in [1.807, 2.05) is 18.2 Å². The number of hydrogen-bond donors (Lipinski definition) is 3. The van der Waals surface area contributed by atoms with Crippen LogP contribution in [0.4, 0.5) is 17.1 Å². The summed E-state index contributed by atoms with van der Waals surface area (Å²) < 4.78 is 34.4. The van der Waals surface area contributed by atoms with E-state index in [0.717, 1.165) is 41.2 Å². The van der Waals surface area contributed by atoms with Gasteiger partial charge in [0.25, 0.3) is 10.1 Å². The minimum atomic E-state index is -4.03. The molecular formula is C47H56N3O6S+. The summed E-state index contributed by atoms with van der Waals surface area (Å²) in [6.07, 6.45) is 15.4. The number of nitrogens with zero attached hydrogens (tertiary/aromatic N) is 2. The Bertz CT molecular complexity index is 2260. The molecular weight excluding hydrogens is 735 g/mol. The molecule has 10 heteroatoms. The summed E-state index contributed by atoms with van der Waals surface area (Å²) in [6.45, 7) is 20.4. The Kier molecular flexibility index (Phi) is 13.6. The second-order valence-electron chi connectivity index (χ2n) is 16.1. The lowest BCUT2D eigenvalue weighted by molar-refractivity contribution is -0.438. The molecule has 0 aromatic heterocycles. The quantitative estimate of drug-likeness (QED) is 0.0538. The number of allylic oxidation sites excluding steroid dienone is 8. The largest absolute Gasteiger partial charge is 0.478 e. The van der Waals surface area contributed by atoms with Crippen LogP contribution < -0.4 is 10.2 Å². The summed E-state index contributed by atoms with van der Waals surface area (Å²) in [6, 6.07) is 19.1. The standard InChI is InChI=1S/C47H55N3O6S/c1-8-9-28-49-40-24-16-34(3)32-39(40)47(6,7)43(49)26-18-35(19-27-44(51)48-37-22-20-36(21-23-37)45(52)53)14-10-11-15-42-46(4,5)38-31-33(2)17-25-41(38)50(42)29-12-13-30-57(54,55)56/h1,10-11,14-18,20-26,31-32H,8-9,12-13,19,27-30H2,2-7H3,(H2-,48,51,52,53,54,55,56)/p+1. The highest BCUT2D eigenvalue weighted by atomic mass is 32.2. The lowest BCUT2D eigenvalue weighted by Crippen LogP contribution is -2.28. The van der Waals surface area contributed by atoms with Crippen LogP contribution in [0.3, 0.4) is 0 Å². The van der Waals surface area contributed by atoms with E-state index in [4.69, 9.17) is 6.92 Å². The van der Waals surface area contributed by atoms with Gasteiger partial charge in [-0.3, -0.25) is 9.35 Å². The Balaban J connectivity index is 1.46. The van der Waals surface area contributed by atoms with E-state index in [9.17, 15) is 27.7 Å². The van der Waals surface area contributed by atoms with Crippen molar-refractivity contribution in [3.63, 3.8) is 0 Å². The average molecular weight is 791 g/mol. The Hall–Kier alpha value is -5.06. The third-order valence-electron chi connectivity index (χ3n) is 10.9. The SMILES string of the molecule is [CH]CCC[N+]1=C(/C=C/C(=C/C=C/C=C2/N(CCCCS(=O)(=O)O)c3ccc(C)cc3C2(C)C)CCC(=O)Nc2ccc(C(=O)O)cc2)C(C)(C)c2cc(C)ccc21. The molecule has 5 rings (SSSR count). The molecule has 0 unspecified atom stereocenters. The molecule has 3 aromatic rings. The number of hydrogen-bond acceptors (Lipinski definition) is 5. The van der Waals surface area contributed by atoms with Crippen molar-refractivity contribution in [3.05, 3.63) is 143 Å². The molecule has 57 heavy (non-hydrogen) atoms. The Labute approximate surface area is 339 Å². The number of carbonyl (C=O) groups is 2. The molecule has 0 spiro atoms. The number of unbranched alkanes of at least 4 members (excludes halogenated alkanes) is 2. The van der Waals surface area contributed by atoms with Crippen LogP contribution in [0.15, 0.2) is 108 Å². The van der Waals surface area contributed by atoms with Gasteiger partial charge in [0.1, 0.15) is 6.54 Å². The van der Waals surface area contributed by atoms with E-state index >= 15 is 0 Å². The first-order chi connectivity index (χ1) is 26.9. The van der Waals surface area contributed by atoms with Gasteiger partial charge in [0, 0.05) is 59.6 Å². The van der Waals surface area contributed by atoms with Gasteiger partial charge in [0.05, 0.1) is 16.7 Å². The van der Waals surface area contributed by atoms with Crippen molar-refractivity contribution >= 4 is 44.8 Å². The first-order valence-corrected chi connectivity index (χ1v) is 21.2. The zero-order valence-corrected chi connectivity index (χ0v) is 34.8. The molecule has 2 aliphatic heterocycles. The molecule has 0 saturated carbocycles. The Morgan fingerprint density at radius 1 is 0.877 bits per heavy atom. The van der Waals surface area contributed by atoms with Crippen LogP contribution in [0.2, 0.25) is 0 Å². The van der Waals surface area contributed by atoms with Crippen LogP contribution in [0.25, 0.3) is 0 Å². The van der Waals surface area contributed by atoms with Gasteiger partial charge in [-0.2, -0.15) is 13.0 Å². The molecule has 0 aliphatic carbocycles. The van der Waals surface area contributed by atoms with Gasteiger partial charge in [-0.25, -0.2) is 4.79 Å². The zero-order valence-electron chi connectivity index (χ0n) is 34.0. The summed E-state index contributed by atoms with van der Waals surface area (Å²) in [5.74, 6) is -1.48. The van der Waals surface area contributed by atoms with E-state index in [1.165, 1.54) is 34.5 Å². The molecule has 9 nitrogen and oxygen atoms in total. The number of rotatable bonds is 17. The van der Waals surface area contributed by atoms with Gasteiger partial charge in [-0.1, -0.05) is 67.5 Å². The highest BCUT2D eigenvalue weighted by Gasteiger charge is 2.44. The second-order valence-corrected chi connectivity index (χ2v) is 17.6. The average Bonchev–Trinajstić information content (AvgIpc) is 3.48. The maximum Gasteiger partial charge on any atom is 0.335 e. The van der Waals surface area contributed by atoms with Crippen LogP contribution >= 0.6 is 0 Å². The van der Waals surface area contributed by atoms with Crippen LogP contribution in [-0.4, -0.2) is 59.1 Å². The fourth-order valence-electron chi connectivity index (χ4n) is 7.78. The maximum atomic E-state index is 13.2. The van der Waals surface area contributed by atoms with Gasteiger partial charge in [-0.15, -0.1) is 0 Å². The topological polar surface area (TPSA) is 127 Å². The lowest BCUT2D eigenvalue weighted by Gasteiger charge is -2.27. The summed E-state index contributed by atoms with van der Waals surface area (Å²) >= 11 is 0. The molecule has 1 amide bonds. The minimum Gasteiger partial charge on any atom is -0.478 e. The van der Waals surface area contributed by atoms with E-state index in [-0.39, 0.29) is 34.5 Å².